The van der Waals surface area contributed by atoms with Crippen molar-refractivity contribution in [2.24, 2.45) is 5.41 Å². The van der Waals surface area contributed by atoms with Gasteiger partial charge in [0, 0.05) is 0 Å². The molecule has 0 rings (SSSR count). The van der Waals surface area contributed by atoms with E-state index in [0.717, 1.165) is 0 Å². The van der Waals surface area contributed by atoms with Crippen LogP contribution in [0.25, 0.3) is 0 Å². The summed E-state index contributed by atoms with van der Waals surface area (Å²) in [6, 6.07) is 0. The number of carboxylic acids is 1. The third-order valence-electron chi connectivity index (χ3n) is 1.31. The van der Waals surface area contributed by atoms with Gasteiger partial charge in [-0.3, -0.25) is 4.79 Å². The topological polar surface area (TPSA) is 55.8 Å². The Morgan fingerprint density at radius 2 is 1.69 bits per heavy atom. The maximum Gasteiger partial charge on any atom is 0.311 e. The zero-order valence-electron chi connectivity index (χ0n) is 8.88. The minimum atomic E-state index is -0.911. The highest BCUT2D eigenvalue weighted by atomic mass is 17.2. The van der Waals surface area contributed by atoms with Gasteiger partial charge in [-0.1, -0.05) is 0 Å². The molecule has 0 fully saturated rings. The summed E-state index contributed by atoms with van der Waals surface area (Å²) < 4.78 is 0. The van der Waals surface area contributed by atoms with Crippen LogP contribution in [0.15, 0.2) is 0 Å². The molecular formula is C9H18O4. The van der Waals surface area contributed by atoms with Crippen molar-refractivity contribution in [3.05, 3.63) is 0 Å². The molecule has 0 aliphatic carbocycles. The Morgan fingerprint density at radius 1 is 1.23 bits per heavy atom. The van der Waals surface area contributed by atoms with E-state index in [-0.39, 0.29) is 6.61 Å². The number of aliphatic carboxylic acids is 1. The zero-order chi connectivity index (χ0) is 10.7. The fourth-order valence-corrected chi connectivity index (χ4v) is 0.415. The van der Waals surface area contributed by atoms with Crippen LogP contribution in [0.1, 0.15) is 34.6 Å². The molecule has 0 amide bonds. The summed E-state index contributed by atoms with van der Waals surface area (Å²) in [4.78, 5) is 20.4. The van der Waals surface area contributed by atoms with Crippen molar-refractivity contribution >= 4 is 5.97 Å². The van der Waals surface area contributed by atoms with Crippen LogP contribution in [0.5, 0.6) is 0 Å². The summed E-state index contributed by atoms with van der Waals surface area (Å²) in [5, 5.41) is 8.74. The molecule has 0 aliphatic heterocycles. The standard InChI is InChI=1S/C9H18O4/c1-8(2,3)13-12-6-9(4,5)7(10)11/h6H2,1-5H3,(H,10,11). The third-order valence-corrected chi connectivity index (χ3v) is 1.31. The zero-order valence-corrected chi connectivity index (χ0v) is 8.88. The molecule has 4 nitrogen and oxygen atoms in total. The Kier molecular flexibility index (Phi) is 3.88. The van der Waals surface area contributed by atoms with E-state index in [2.05, 4.69) is 0 Å². The first-order valence-corrected chi connectivity index (χ1v) is 4.19. The van der Waals surface area contributed by atoms with Gasteiger partial charge < -0.3 is 5.11 Å². The highest BCUT2D eigenvalue weighted by Gasteiger charge is 2.28. The van der Waals surface area contributed by atoms with Gasteiger partial charge in [-0.25, -0.2) is 9.78 Å². The lowest BCUT2D eigenvalue weighted by Crippen LogP contribution is -2.31. The maximum atomic E-state index is 10.6. The lowest BCUT2D eigenvalue weighted by atomic mass is 9.96. The molecule has 0 saturated heterocycles. The second kappa shape index (κ2) is 4.07. The molecule has 0 heterocycles. The molecule has 0 unspecified atom stereocenters. The molecule has 0 saturated carbocycles. The normalized spacial score (nSPS) is 13.0. The minimum Gasteiger partial charge on any atom is -0.481 e. The molecule has 0 aromatic heterocycles. The fraction of sp³-hybridized carbons (Fsp3) is 0.889. The molecule has 0 atom stereocenters. The summed E-state index contributed by atoms with van der Waals surface area (Å²) in [6.07, 6.45) is 0. The molecule has 0 radical (unpaired) electrons. The molecule has 78 valence electrons. The van der Waals surface area contributed by atoms with Crippen molar-refractivity contribution in [3.63, 3.8) is 0 Å². The van der Waals surface area contributed by atoms with E-state index in [1.165, 1.54) is 0 Å². The second-order valence-electron chi connectivity index (χ2n) is 4.65. The largest absolute Gasteiger partial charge is 0.481 e. The molecule has 1 N–H and O–H groups in total. The molecule has 0 bridgehead atoms. The Balaban J connectivity index is 3.84. The summed E-state index contributed by atoms with van der Waals surface area (Å²) in [7, 11) is 0. The van der Waals surface area contributed by atoms with Gasteiger partial charge in [-0.2, -0.15) is 0 Å². The van der Waals surface area contributed by atoms with Crippen LogP contribution in [0.3, 0.4) is 0 Å². The van der Waals surface area contributed by atoms with Crippen molar-refractivity contribution in [2.75, 3.05) is 6.61 Å². The van der Waals surface area contributed by atoms with Gasteiger partial charge in [-0.05, 0) is 34.6 Å². The van der Waals surface area contributed by atoms with E-state index >= 15 is 0 Å². The average molecular weight is 190 g/mol. The Hall–Kier alpha value is -0.610. The van der Waals surface area contributed by atoms with Crippen molar-refractivity contribution in [2.45, 2.75) is 40.2 Å². The van der Waals surface area contributed by atoms with Gasteiger partial charge in [0.15, 0.2) is 0 Å². The van der Waals surface area contributed by atoms with Crippen LogP contribution >= 0.6 is 0 Å². The Labute approximate surface area is 78.8 Å². The number of hydrogen-bond donors (Lipinski definition) is 1. The summed E-state index contributed by atoms with van der Waals surface area (Å²) in [5.74, 6) is -0.898. The Bertz CT molecular complexity index is 179. The molecule has 0 aliphatic rings. The second-order valence-corrected chi connectivity index (χ2v) is 4.65. The van der Waals surface area contributed by atoms with Crippen LogP contribution in [-0.4, -0.2) is 23.3 Å². The van der Waals surface area contributed by atoms with E-state index in [9.17, 15) is 4.79 Å². The number of carbonyl (C=O) groups is 1. The SMILES string of the molecule is CC(C)(C)OOCC(C)(C)C(=O)O. The molecule has 0 aromatic carbocycles. The highest BCUT2D eigenvalue weighted by molar-refractivity contribution is 5.73. The van der Waals surface area contributed by atoms with E-state index in [1.807, 2.05) is 20.8 Å². The number of rotatable bonds is 4. The summed E-state index contributed by atoms with van der Waals surface area (Å²) in [6.45, 7) is 8.71. The molecule has 0 aromatic rings. The lowest BCUT2D eigenvalue weighted by Gasteiger charge is -2.22. The fourth-order valence-electron chi connectivity index (χ4n) is 0.415. The summed E-state index contributed by atoms with van der Waals surface area (Å²) >= 11 is 0. The van der Waals surface area contributed by atoms with Crippen molar-refractivity contribution < 1.29 is 19.7 Å². The van der Waals surface area contributed by atoms with Crippen LogP contribution in [0.2, 0.25) is 0 Å². The van der Waals surface area contributed by atoms with Gasteiger partial charge in [0.2, 0.25) is 0 Å². The minimum absolute atomic E-state index is 0.0413. The summed E-state index contributed by atoms with van der Waals surface area (Å²) in [5.41, 5.74) is -1.32. The lowest BCUT2D eigenvalue weighted by molar-refractivity contribution is -0.357. The van der Waals surface area contributed by atoms with Crippen molar-refractivity contribution in [1.82, 2.24) is 0 Å². The molecular weight excluding hydrogens is 172 g/mol. The van der Waals surface area contributed by atoms with Gasteiger partial charge in [0.05, 0.1) is 17.6 Å². The van der Waals surface area contributed by atoms with Crippen LogP contribution < -0.4 is 0 Å². The van der Waals surface area contributed by atoms with Crippen molar-refractivity contribution in [3.8, 4) is 0 Å². The average Bonchev–Trinajstić information content (AvgIpc) is 1.82. The van der Waals surface area contributed by atoms with Crippen molar-refractivity contribution in [1.29, 1.82) is 0 Å². The van der Waals surface area contributed by atoms with Gasteiger partial charge >= 0.3 is 5.97 Å². The quantitative estimate of drug-likeness (QED) is 0.543. The monoisotopic (exact) mass is 190 g/mol. The van der Waals surface area contributed by atoms with Crippen LogP contribution in [-0.2, 0) is 14.6 Å². The molecule has 4 heteroatoms. The Morgan fingerprint density at radius 3 is 2.00 bits per heavy atom. The predicted octanol–water partition coefficient (Wildman–Crippen LogP) is 1.84. The van der Waals surface area contributed by atoms with E-state index in [0.29, 0.717) is 0 Å². The first kappa shape index (κ1) is 12.4. The van der Waals surface area contributed by atoms with Gasteiger partial charge in [-0.15, -0.1) is 0 Å². The van der Waals surface area contributed by atoms with E-state index in [1.54, 1.807) is 13.8 Å². The first-order valence-electron chi connectivity index (χ1n) is 4.19. The first-order chi connectivity index (χ1) is 5.65. The van der Waals surface area contributed by atoms with E-state index < -0.39 is 17.0 Å². The van der Waals surface area contributed by atoms with Crippen LogP contribution in [0, 0.1) is 5.41 Å². The van der Waals surface area contributed by atoms with Gasteiger partial charge in [0.25, 0.3) is 0 Å². The predicted molar refractivity (Wildman–Crippen MR) is 48.2 cm³/mol. The molecule has 13 heavy (non-hydrogen) atoms. The van der Waals surface area contributed by atoms with E-state index in [4.69, 9.17) is 14.9 Å². The smallest absolute Gasteiger partial charge is 0.311 e. The molecule has 0 spiro atoms. The van der Waals surface area contributed by atoms with Gasteiger partial charge in [0.1, 0.15) is 0 Å². The third kappa shape index (κ3) is 5.60. The van der Waals surface area contributed by atoms with Crippen LogP contribution in [0.4, 0.5) is 0 Å². The number of hydrogen-bond acceptors (Lipinski definition) is 3. The maximum absolute atomic E-state index is 10.6. The highest BCUT2D eigenvalue weighted by Crippen LogP contribution is 2.17. The number of carboxylic acid groups (broad SMARTS) is 1.